The average molecular weight is 364 g/mol. The number of hydrogen-bond acceptors (Lipinski definition) is 6. The van der Waals surface area contributed by atoms with Gasteiger partial charge in [0.25, 0.3) is 5.91 Å². The van der Waals surface area contributed by atoms with Gasteiger partial charge in [-0.05, 0) is 30.2 Å². The molecule has 1 N–H and O–H groups in total. The lowest BCUT2D eigenvalue weighted by Gasteiger charge is -2.21. The van der Waals surface area contributed by atoms with Crippen LogP contribution in [0.2, 0.25) is 0 Å². The summed E-state index contributed by atoms with van der Waals surface area (Å²) in [6, 6.07) is 1.96. The molecule has 0 spiro atoms. The number of rotatable bonds is 6. The molecule has 3 rings (SSSR count). The first-order valence-electron chi connectivity index (χ1n) is 8.14. The number of amides is 1. The lowest BCUT2D eigenvalue weighted by molar-refractivity contribution is -0.124. The Hall–Kier alpha value is -1.73. The Bertz CT molecular complexity index is 676. The second-order valence-corrected chi connectivity index (χ2v) is 7.57. The van der Waals surface area contributed by atoms with E-state index in [1.807, 2.05) is 16.8 Å². The van der Waals surface area contributed by atoms with Crippen LogP contribution in [0.3, 0.4) is 0 Å². The van der Waals surface area contributed by atoms with Crippen LogP contribution in [0.4, 0.5) is 0 Å². The predicted octanol–water partition coefficient (Wildman–Crippen LogP) is 3.72. The van der Waals surface area contributed by atoms with Crippen molar-refractivity contribution < 1.29 is 14.3 Å². The van der Waals surface area contributed by atoms with Crippen LogP contribution in [0.25, 0.3) is 10.6 Å². The van der Waals surface area contributed by atoms with Gasteiger partial charge in [-0.1, -0.05) is 19.3 Å². The van der Waals surface area contributed by atoms with Crippen molar-refractivity contribution in [1.29, 1.82) is 0 Å². The van der Waals surface area contributed by atoms with E-state index in [0.717, 1.165) is 10.6 Å². The molecular weight excluding hydrogens is 344 g/mol. The Labute approximate surface area is 149 Å². The highest BCUT2D eigenvalue weighted by Gasteiger charge is 2.17. The van der Waals surface area contributed by atoms with E-state index < -0.39 is 5.97 Å². The van der Waals surface area contributed by atoms with E-state index in [1.165, 1.54) is 43.4 Å². The van der Waals surface area contributed by atoms with Gasteiger partial charge >= 0.3 is 5.97 Å². The highest BCUT2D eigenvalue weighted by atomic mass is 32.1. The SMILES string of the molecule is O=C(COC(=O)c1csc(-c2ccsc2)n1)NCC1CCCCC1. The predicted molar refractivity (Wildman–Crippen MR) is 95.3 cm³/mol. The van der Waals surface area contributed by atoms with E-state index in [0.29, 0.717) is 12.5 Å². The fourth-order valence-electron chi connectivity index (χ4n) is 2.79. The van der Waals surface area contributed by atoms with Crippen LogP contribution in [0.5, 0.6) is 0 Å². The van der Waals surface area contributed by atoms with Gasteiger partial charge in [0.1, 0.15) is 5.01 Å². The van der Waals surface area contributed by atoms with Crippen LogP contribution in [0.15, 0.2) is 22.2 Å². The molecule has 1 aliphatic carbocycles. The van der Waals surface area contributed by atoms with E-state index >= 15 is 0 Å². The highest BCUT2D eigenvalue weighted by Crippen LogP contribution is 2.26. The molecule has 7 heteroatoms. The summed E-state index contributed by atoms with van der Waals surface area (Å²) in [5, 5.41) is 9.24. The van der Waals surface area contributed by atoms with Crippen molar-refractivity contribution in [3.05, 3.63) is 27.9 Å². The highest BCUT2D eigenvalue weighted by molar-refractivity contribution is 7.14. The van der Waals surface area contributed by atoms with Gasteiger partial charge < -0.3 is 10.1 Å². The molecule has 0 aliphatic heterocycles. The summed E-state index contributed by atoms with van der Waals surface area (Å²) in [5.74, 6) is -0.243. The summed E-state index contributed by atoms with van der Waals surface area (Å²) in [6.07, 6.45) is 6.12. The topological polar surface area (TPSA) is 68.3 Å². The van der Waals surface area contributed by atoms with Gasteiger partial charge in [-0.15, -0.1) is 11.3 Å². The zero-order valence-corrected chi connectivity index (χ0v) is 15.0. The van der Waals surface area contributed by atoms with Crippen LogP contribution >= 0.6 is 22.7 Å². The zero-order chi connectivity index (χ0) is 16.8. The van der Waals surface area contributed by atoms with E-state index in [-0.39, 0.29) is 18.2 Å². The summed E-state index contributed by atoms with van der Waals surface area (Å²) in [6.45, 7) is 0.423. The number of hydrogen-bond donors (Lipinski definition) is 1. The van der Waals surface area contributed by atoms with Crippen LogP contribution in [-0.2, 0) is 9.53 Å². The molecule has 0 bridgehead atoms. The molecule has 2 aromatic heterocycles. The molecule has 0 aromatic carbocycles. The summed E-state index contributed by atoms with van der Waals surface area (Å²) in [4.78, 5) is 28.1. The van der Waals surface area contributed by atoms with Crippen molar-refractivity contribution in [3.63, 3.8) is 0 Å². The number of carbonyl (C=O) groups is 2. The van der Waals surface area contributed by atoms with E-state index in [4.69, 9.17) is 4.74 Å². The Morgan fingerprint density at radius 1 is 1.25 bits per heavy atom. The Kier molecular flexibility index (Phi) is 5.98. The van der Waals surface area contributed by atoms with Crippen molar-refractivity contribution in [2.45, 2.75) is 32.1 Å². The van der Waals surface area contributed by atoms with E-state index in [1.54, 1.807) is 16.7 Å². The van der Waals surface area contributed by atoms with Crippen LogP contribution < -0.4 is 5.32 Å². The molecule has 24 heavy (non-hydrogen) atoms. The van der Waals surface area contributed by atoms with Crippen LogP contribution in [-0.4, -0.2) is 30.0 Å². The zero-order valence-electron chi connectivity index (χ0n) is 13.3. The lowest BCUT2D eigenvalue weighted by atomic mass is 9.89. The second-order valence-electron chi connectivity index (χ2n) is 5.93. The summed E-state index contributed by atoms with van der Waals surface area (Å²) in [5.41, 5.74) is 1.25. The first-order valence-corrected chi connectivity index (χ1v) is 9.96. The van der Waals surface area contributed by atoms with Gasteiger partial charge in [-0.3, -0.25) is 4.79 Å². The minimum Gasteiger partial charge on any atom is -0.451 e. The molecule has 1 amide bonds. The first kappa shape index (κ1) is 17.1. The third-order valence-electron chi connectivity index (χ3n) is 4.13. The minimum absolute atomic E-state index is 0.248. The molecule has 0 atom stereocenters. The number of nitrogens with zero attached hydrogens (tertiary/aromatic N) is 1. The molecule has 1 fully saturated rings. The molecule has 0 radical (unpaired) electrons. The van der Waals surface area contributed by atoms with Crippen molar-refractivity contribution >= 4 is 34.6 Å². The maximum absolute atomic E-state index is 12.0. The molecule has 5 nitrogen and oxygen atoms in total. The van der Waals surface area contributed by atoms with Gasteiger partial charge in [0.2, 0.25) is 0 Å². The van der Waals surface area contributed by atoms with Crippen molar-refractivity contribution in [1.82, 2.24) is 10.3 Å². The molecule has 2 heterocycles. The summed E-state index contributed by atoms with van der Waals surface area (Å²) in [7, 11) is 0. The first-order chi connectivity index (χ1) is 11.7. The fraction of sp³-hybridized carbons (Fsp3) is 0.471. The Morgan fingerprint density at radius 3 is 2.83 bits per heavy atom. The molecule has 128 valence electrons. The standard InChI is InChI=1S/C17H20N2O3S2/c20-15(18-8-12-4-2-1-3-5-12)9-22-17(21)14-11-24-16(19-14)13-6-7-23-10-13/h6-7,10-12H,1-5,8-9H2,(H,18,20). The summed E-state index contributed by atoms with van der Waals surface area (Å²) < 4.78 is 5.06. The minimum atomic E-state index is -0.555. The van der Waals surface area contributed by atoms with Gasteiger partial charge in [0.15, 0.2) is 12.3 Å². The maximum atomic E-state index is 12.0. The number of ether oxygens (including phenoxy) is 1. The fourth-order valence-corrected chi connectivity index (χ4v) is 4.29. The number of aromatic nitrogens is 1. The van der Waals surface area contributed by atoms with E-state index in [2.05, 4.69) is 10.3 Å². The van der Waals surface area contributed by atoms with Crippen molar-refractivity contribution in [2.75, 3.05) is 13.2 Å². The van der Waals surface area contributed by atoms with Crippen LogP contribution in [0.1, 0.15) is 42.6 Å². The quantitative estimate of drug-likeness (QED) is 0.793. The Balaban J connectivity index is 1.42. The summed E-state index contributed by atoms with van der Waals surface area (Å²) >= 11 is 2.97. The largest absolute Gasteiger partial charge is 0.451 e. The number of carbonyl (C=O) groups excluding carboxylic acids is 2. The van der Waals surface area contributed by atoms with E-state index in [9.17, 15) is 9.59 Å². The van der Waals surface area contributed by atoms with Crippen molar-refractivity contribution in [3.8, 4) is 10.6 Å². The van der Waals surface area contributed by atoms with Gasteiger partial charge in [0.05, 0.1) is 0 Å². The lowest BCUT2D eigenvalue weighted by Crippen LogP contribution is -2.33. The third-order valence-corrected chi connectivity index (χ3v) is 5.70. The normalized spacial score (nSPS) is 15.2. The average Bonchev–Trinajstić information content (AvgIpc) is 3.29. The maximum Gasteiger partial charge on any atom is 0.358 e. The molecule has 0 unspecified atom stereocenters. The van der Waals surface area contributed by atoms with Crippen molar-refractivity contribution in [2.24, 2.45) is 5.92 Å². The number of thiazole rings is 1. The van der Waals surface area contributed by atoms with Gasteiger partial charge in [-0.25, -0.2) is 9.78 Å². The molecule has 2 aromatic rings. The molecular formula is C17H20N2O3S2. The number of nitrogens with one attached hydrogen (secondary N) is 1. The monoisotopic (exact) mass is 364 g/mol. The van der Waals surface area contributed by atoms with Gasteiger partial charge in [-0.2, -0.15) is 11.3 Å². The third kappa shape index (κ3) is 4.64. The smallest absolute Gasteiger partial charge is 0.358 e. The molecule has 1 aliphatic rings. The second kappa shape index (κ2) is 8.39. The molecule has 1 saturated carbocycles. The number of esters is 1. The van der Waals surface area contributed by atoms with Gasteiger partial charge in [0, 0.05) is 22.9 Å². The Morgan fingerprint density at radius 2 is 2.08 bits per heavy atom. The number of thiophene rings is 1. The van der Waals surface area contributed by atoms with Crippen LogP contribution in [0, 0.1) is 5.92 Å². The molecule has 0 saturated heterocycles.